The van der Waals surface area contributed by atoms with Crippen molar-refractivity contribution < 1.29 is 18.6 Å². The van der Waals surface area contributed by atoms with Crippen LogP contribution in [-0.2, 0) is 4.74 Å². The first kappa shape index (κ1) is 14.0. The normalized spacial score (nSPS) is 13.1. The molecule has 0 aliphatic rings. The van der Waals surface area contributed by atoms with Gasteiger partial charge in [0.1, 0.15) is 0 Å². The Balaban J connectivity index is 2.63. The number of aliphatic hydroxyl groups is 1. The number of halogens is 2. The molecule has 0 spiro atoms. The molecule has 0 fully saturated rings. The van der Waals surface area contributed by atoms with Crippen LogP contribution in [0.5, 0.6) is 0 Å². The highest BCUT2D eigenvalue weighted by molar-refractivity contribution is 5.21. The summed E-state index contributed by atoms with van der Waals surface area (Å²) < 4.78 is 31.2. The lowest BCUT2D eigenvalue weighted by Crippen LogP contribution is -2.28. The van der Waals surface area contributed by atoms with Crippen molar-refractivity contribution in [1.29, 1.82) is 0 Å². The number of hydrogen-bond donors (Lipinski definition) is 1. The van der Waals surface area contributed by atoms with Crippen molar-refractivity contribution in [2.24, 2.45) is 0 Å². The zero-order valence-electron chi connectivity index (χ0n) is 9.99. The van der Waals surface area contributed by atoms with Crippen LogP contribution >= 0.6 is 0 Å². The van der Waals surface area contributed by atoms with E-state index in [1.807, 2.05) is 0 Å². The molecule has 5 heteroatoms. The molecule has 0 heterocycles. The monoisotopic (exact) mass is 245 g/mol. The molecule has 1 unspecified atom stereocenters. The van der Waals surface area contributed by atoms with Crippen molar-refractivity contribution in [3.63, 3.8) is 0 Å². The van der Waals surface area contributed by atoms with Crippen molar-refractivity contribution in [1.82, 2.24) is 4.90 Å². The molecule has 0 aliphatic heterocycles. The van der Waals surface area contributed by atoms with E-state index in [9.17, 15) is 13.9 Å². The van der Waals surface area contributed by atoms with E-state index >= 15 is 0 Å². The van der Waals surface area contributed by atoms with Crippen LogP contribution < -0.4 is 0 Å². The second-order valence-corrected chi connectivity index (χ2v) is 3.91. The summed E-state index contributed by atoms with van der Waals surface area (Å²) in [6, 6.07) is 3.79. The Hall–Kier alpha value is -1.04. The molecule has 0 amide bonds. The first-order valence-electron chi connectivity index (χ1n) is 5.35. The number of methoxy groups -OCH3 is 1. The Bertz CT molecular complexity index is 360. The van der Waals surface area contributed by atoms with Gasteiger partial charge in [0.25, 0.3) is 0 Å². The summed E-state index contributed by atoms with van der Waals surface area (Å²) in [6.45, 7) is 1.36. The highest BCUT2D eigenvalue weighted by Crippen LogP contribution is 2.19. The third kappa shape index (κ3) is 4.03. The van der Waals surface area contributed by atoms with Crippen LogP contribution in [0.1, 0.15) is 11.7 Å². The van der Waals surface area contributed by atoms with E-state index in [2.05, 4.69) is 0 Å². The van der Waals surface area contributed by atoms with Crippen molar-refractivity contribution in [3.05, 3.63) is 35.4 Å². The van der Waals surface area contributed by atoms with Gasteiger partial charge in [-0.15, -0.1) is 0 Å². The number of aliphatic hydroxyl groups excluding tert-OH is 1. The number of ether oxygens (including phenoxy) is 1. The number of nitrogens with zero attached hydrogens (tertiary/aromatic N) is 1. The second kappa shape index (κ2) is 6.64. The minimum Gasteiger partial charge on any atom is -0.387 e. The summed E-state index contributed by atoms with van der Waals surface area (Å²) in [7, 11) is 3.36. The van der Waals surface area contributed by atoms with Crippen LogP contribution in [0.25, 0.3) is 0 Å². The number of rotatable bonds is 6. The summed E-state index contributed by atoms with van der Waals surface area (Å²) in [5.41, 5.74) is -0.0192. The molecule has 17 heavy (non-hydrogen) atoms. The maximum Gasteiger partial charge on any atom is 0.164 e. The van der Waals surface area contributed by atoms with E-state index in [1.165, 1.54) is 12.1 Å². The van der Waals surface area contributed by atoms with Crippen LogP contribution in [0.4, 0.5) is 8.78 Å². The molecule has 0 radical (unpaired) electrons. The summed E-state index contributed by atoms with van der Waals surface area (Å²) in [6.07, 6.45) is -1.05. The largest absolute Gasteiger partial charge is 0.387 e. The number of likely N-dealkylation sites (N-methyl/N-ethyl adjacent to an activating group) is 1. The summed E-state index contributed by atoms with van der Waals surface area (Å²) in [5.74, 6) is -1.93. The predicted molar refractivity (Wildman–Crippen MR) is 60.7 cm³/mol. The fourth-order valence-electron chi connectivity index (χ4n) is 1.51. The molecule has 1 atom stereocenters. The van der Waals surface area contributed by atoms with Gasteiger partial charge in [-0.25, -0.2) is 8.78 Å². The van der Waals surface area contributed by atoms with Crippen molar-refractivity contribution >= 4 is 0 Å². The van der Waals surface area contributed by atoms with Crippen molar-refractivity contribution in [2.45, 2.75) is 6.10 Å². The molecule has 1 aromatic carbocycles. The summed E-state index contributed by atoms with van der Waals surface area (Å²) in [4.78, 5) is 1.79. The molecule has 0 saturated carbocycles. The molecule has 0 aromatic heterocycles. The van der Waals surface area contributed by atoms with Gasteiger partial charge in [0.2, 0.25) is 0 Å². The van der Waals surface area contributed by atoms with Gasteiger partial charge >= 0.3 is 0 Å². The zero-order chi connectivity index (χ0) is 12.8. The maximum atomic E-state index is 13.4. The average Bonchev–Trinajstić information content (AvgIpc) is 2.29. The van der Waals surface area contributed by atoms with Gasteiger partial charge in [-0.2, -0.15) is 0 Å². The van der Waals surface area contributed by atoms with Gasteiger partial charge in [0.15, 0.2) is 11.6 Å². The second-order valence-electron chi connectivity index (χ2n) is 3.91. The SMILES string of the molecule is COCCN(C)CC(O)c1cccc(F)c1F. The van der Waals surface area contributed by atoms with Gasteiger partial charge in [0.05, 0.1) is 12.7 Å². The van der Waals surface area contributed by atoms with Gasteiger partial charge < -0.3 is 14.7 Å². The van der Waals surface area contributed by atoms with E-state index in [-0.39, 0.29) is 12.1 Å². The Morgan fingerprint density at radius 2 is 2.12 bits per heavy atom. The molecule has 0 saturated heterocycles. The van der Waals surface area contributed by atoms with Crippen LogP contribution in [0.2, 0.25) is 0 Å². The van der Waals surface area contributed by atoms with E-state index < -0.39 is 17.7 Å². The minimum atomic E-state index is -1.05. The lowest BCUT2D eigenvalue weighted by molar-refractivity contribution is 0.101. The molecule has 0 aliphatic carbocycles. The van der Waals surface area contributed by atoms with Gasteiger partial charge in [-0.05, 0) is 13.1 Å². The third-order valence-corrected chi connectivity index (χ3v) is 2.50. The van der Waals surface area contributed by atoms with Crippen LogP contribution in [0.3, 0.4) is 0 Å². The standard InChI is InChI=1S/C12H17F2NO2/c1-15(6-7-17-2)8-11(16)9-4-3-5-10(13)12(9)14/h3-5,11,16H,6-8H2,1-2H3. The molecular formula is C12H17F2NO2. The molecule has 1 rings (SSSR count). The van der Waals surface area contributed by atoms with Crippen LogP contribution in [-0.4, -0.2) is 43.9 Å². The van der Waals surface area contributed by atoms with E-state index in [1.54, 1.807) is 19.1 Å². The molecular weight excluding hydrogens is 228 g/mol. The highest BCUT2D eigenvalue weighted by Gasteiger charge is 2.17. The Morgan fingerprint density at radius 3 is 2.76 bits per heavy atom. The molecule has 3 nitrogen and oxygen atoms in total. The Morgan fingerprint density at radius 1 is 1.41 bits per heavy atom. The first-order valence-corrected chi connectivity index (χ1v) is 5.35. The molecule has 1 N–H and O–H groups in total. The van der Waals surface area contributed by atoms with Gasteiger partial charge in [-0.3, -0.25) is 0 Å². The lowest BCUT2D eigenvalue weighted by atomic mass is 10.1. The Labute approximate surface area is 99.6 Å². The van der Waals surface area contributed by atoms with E-state index in [0.717, 1.165) is 6.07 Å². The van der Waals surface area contributed by atoms with E-state index in [4.69, 9.17) is 4.74 Å². The van der Waals surface area contributed by atoms with Crippen LogP contribution in [0.15, 0.2) is 18.2 Å². The van der Waals surface area contributed by atoms with Gasteiger partial charge in [0, 0.05) is 25.8 Å². The van der Waals surface area contributed by atoms with Crippen molar-refractivity contribution in [2.75, 3.05) is 33.9 Å². The summed E-state index contributed by atoms with van der Waals surface area (Å²) in [5, 5.41) is 9.81. The topological polar surface area (TPSA) is 32.7 Å². The number of benzene rings is 1. The molecule has 0 bridgehead atoms. The third-order valence-electron chi connectivity index (χ3n) is 2.50. The van der Waals surface area contributed by atoms with Crippen LogP contribution in [0, 0.1) is 11.6 Å². The fraction of sp³-hybridized carbons (Fsp3) is 0.500. The molecule has 1 aromatic rings. The maximum absolute atomic E-state index is 13.4. The molecule has 96 valence electrons. The zero-order valence-corrected chi connectivity index (χ0v) is 9.99. The smallest absolute Gasteiger partial charge is 0.164 e. The van der Waals surface area contributed by atoms with Gasteiger partial charge in [-0.1, -0.05) is 12.1 Å². The average molecular weight is 245 g/mol. The summed E-state index contributed by atoms with van der Waals surface area (Å²) >= 11 is 0. The fourth-order valence-corrected chi connectivity index (χ4v) is 1.51. The number of hydrogen-bond acceptors (Lipinski definition) is 3. The lowest BCUT2D eigenvalue weighted by Gasteiger charge is -2.20. The minimum absolute atomic E-state index is 0.0192. The Kier molecular flexibility index (Phi) is 5.47. The van der Waals surface area contributed by atoms with E-state index in [0.29, 0.717) is 13.2 Å². The first-order chi connectivity index (χ1) is 8.06. The predicted octanol–water partition coefficient (Wildman–Crippen LogP) is 1.58. The van der Waals surface area contributed by atoms with Crippen molar-refractivity contribution in [3.8, 4) is 0 Å². The quantitative estimate of drug-likeness (QED) is 0.826. The highest BCUT2D eigenvalue weighted by atomic mass is 19.2.